The number of benzene rings is 1. The van der Waals surface area contributed by atoms with Crippen molar-refractivity contribution in [1.82, 2.24) is 15.6 Å². The molecule has 1 aromatic heterocycles. The summed E-state index contributed by atoms with van der Waals surface area (Å²) in [5.41, 5.74) is 3.71. The van der Waals surface area contributed by atoms with Crippen LogP contribution in [0.4, 0.5) is 0 Å². The molecule has 0 aliphatic rings. The SMILES string of the molecule is CCNC(=NCc1ccc(C(C)(C)CC)cc1)NCc1nc(C)c(C)o1. The summed E-state index contributed by atoms with van der Waals surface area (Å²) in [5, 5.41) is 6.53. The van der Waals surface area contributed by atoms with Gasteiger partial charge in [0.1, 0.15) is 5.76 Å². The largest absolute Gasteiger partial charge is 0.444 e. The summed E-state index contributed by atoms with van der Waals surface area (Å²) in [6.07, 6.45) is 1.12. The number of oxazole rings is 1. The van der Waals surface area contributed by atoms with Crippen LogP contribution in [0, 0.1) is 13.8 Å². The van der Waals surface area contributed by atoms with E-state index in [4.69, 9.17) is 4.42 Å². The zero-order valence-corrected chi connectivity index (χ0v) is 16.9. The molecule has 142 valence electrons. The Hall–Kier alpha value is -2.30. The van der Waals surface area contributed by atoms with Gasteiger partial charge >= 0.3 is 0 Å². The lowest BCUT2D eigenvalue weighted by Gasteiger charge is -2.23. The van der Waals surface area contributed by atoms with Gasteiger partial charge in [0.15, 0.2) is 5.96 Å². The van der Waals surface area contributed by atoms with Crippen LogP contribution in [0.25, 0.3) is 0 Å². The lowest BCUT2D eigenvalue weighted by molar-refractivity contribution is 0.463. The van der Waals surface area contributed by atoms with E-state index in [-0.39, 0.29) is 5.41 Å². The third-order valence-corrected chi connectivity index (χ3v) is 4.86. The van der Waals surface area contributed by atoms with Crippen molar-refractivity contribution in [2.24, 2.45) is 4.99 Å². The molecule has 0 amide bonds. The lowest BCUT2D eigenvalue weighted by Crippen LogP contribution is -2.36. The van der Waals surface area contributed by atoms with Crippen molar-refractivity contribution in [3.05, 3.63) is 52.7 Å². The molecule has 0 fully saturated rings. The maximum absolute atomic E-state index is 5.60. The highest BCUT2D eigenvalue weighted by Gasteiger charge is 2.17. The van der Waals surface area contributed by atoms with E-state index >= 15 is 0 Å². The highest BCUT2D eigenvalue weighted by Crippen LogP contribution is 2.26. The first-order valence-electron chi connectivity index (χ1n) is 9.40. The van der Waals surface area contributed by atoms with E-state index in [9.17, 15) is 0 Å². The second-order valence-corrected chi connectivity index (χ2v) is 7.23. The van der Waals surface area contributed by atoms with Crippen LogP contribution in [0.15, 0.2) is 33.7 Å². The number of aliphatic imine (C=N–C) groups is 1. The van der Waals surface area contributed by atoms with E-state index in [1.807, 2.05) is 13.8 Å². The molecule has 26 heavy (non-hydrogen) atoms. The quantitative estimate of drug-likeness (QED) is 0.575. The molecule has 0 spiro atoms. The number of nitrogens with one attached hydrogen (secondary N) is 2. The number of aryl methyl sites for hydroxylation is 2. The smallest absolute Gasteiger partial charge is 0.214 e. The number of guanidine groups is 1. The van der Waals surface area contributed by atoms with E-state index in [1.165, 1.54) is 11.1 Å². The van der Waals surface area contributed by atoms with Gasteiger partial charge in [-0.2, -0.15) is 0 Å². The topological polar surface area (TPSA) is 62.5 Å². The molecule has 0 aliphatic carbocycles. The third-order valence-electron chi connectivity index (χ3n) is 4.86. The third kappa shape index (κ3) is 5.35. The predicted molar refractivity (Wildman–Crippen MR) is 107 cm³/mol. The van der Waals surface area contributed by atoms with Gasteiger partial charge in [0.05, 0.1) is 18.8 Å². The van der Waals surface area contributed by atoms with E-state index < -0.39 is 0 Å². The zero-order chi connectivity index (χ0) is 19.2. The molecule has 0 atom stereocenters. The molecule has 1 heterocycles. The Balaban J connectivity index is 1.99. The van der Waals surface area contributed by atoms with Gasteiger partial charge in [-0.1, -0.05) is 45.0 Å². The van der Waals surface area contributed by atoms with Gasteiger partial charge in [0, 0.05) is 6.54 Å². The molecular weight excluding hydrogens is 324 g/mol. The molecule has 5 heteroatoms. The Labute approximate surface area is 157 Å². The fraction of sp³-hybridized carbons (Fsp3) is 0.524. The van der Waals surface area contributed by atoms with Crippen LogP contribution < -0.4 is 10.6 Å². The Bertz CT molecular complexity index is 709. The summed E-state index contributed by atoms with van der Waals surface area (Å²) in [4.78, 5) is 9.05. The van der Waals surface area contributed by atoms with Gasteiger partial charge in [0.2, 0.25) is 5.89 Å². The molecular formula is C21H32N4O. The van der Waals surface area contributed by atoms with Gasteiger partial charge in [-0.25, -0.2) is 9.98 Å². The number of hydrogen-bond acceptors (Lipinski definition) is 3. The molecule has 2 N–H and O–H groups in total. The number of aromatic nitrogens is 1. The maximum Gasteiger partial charge on any atom is 0.214 e. The molecule has 0 radical (unpaired) electrons. The molecule has 0 saturated heterocycles. The van der Waals surface area contributed by atoms with Gasteiger partial charge in [-0.05, 0) is 43.7 Å². The minimum absolute atomic E-state index is 0.213. The van der Waals surface area contributed by atoms with Crippen LogP contribution in [0.5, 0.6) is 0 Å². The average molecular weight is 357 g/mol. The molecule has 0 unspecified atom stereocenters. The summed E-state index contributed by atoms with van der Waals surface area (Å²) in [6, 6.07) is 8.77. The Morgan fingerprint density at radius 1 is 1.12 bits per heavy atom. The van der Waals surface area contributed by atoms with Crippen molar-refractivity contribution < 1.29 is 4.42 Å². The second-order valence-electron chi connectivity index (χ2n) is 7.23. The summed E-state index contributed by atoms with van der Waals surface area (Å²) < 4.78 is 5.60. The molecule has 2 aromatic rings. The second kappa shape index (κ2) is 8.88. The molecule has 0 bridgehead atoms. The monoisotopic (exact) mass is 356 g/mol. The summed E-state index contributed by atoms with van der Waals surface area (Å²) in [7, 11) is 0. The maximum atomic E-state index is 5.60. The normalized spacial score (nSPS) is 12.3. The van der Waals surface area contributed by atoms with Gasteiger partial charge in [0.25, 0.3) is 0 Å². The average Bonchev–Trinajstić information content (AvgIpc) is 2.95. The minimum Gasteiger partial charge on any atom is -0.444 e. The van der Waals surface area contributed by atoms with Crippen LogP contribution >= 0.6 is 0 Å². The summed E-state index contributed by atoms with van der Waals surface area (Å²) in [5.74, 6) is 2.30. The minimum atomic E-state index is 0.213. The molecule has 1 aromatic carbocycles. The first-order chi connectivity index (χ1) is 12.4. The molecule has 0 saturated carbocycles. The van der Waals surface area contributed by atoms with Crippen LogP contribution in [-0.2, 0) is 18.5 Å². The summed E-state index contributed by atoms with van der Waals surface area (Å²) >= 11 is 0. The van der Waals surface area contributed by atoms with E-state index in [2.05, 4.69) is 72.6 Å². The standard InChI is InChI=1S/C21H32N4O/c1-7-21(5,6)18-11-9-17(10-12-18)13-23-20(22-8-2)24-14-19-25-15(3)16(4)26-19/h9-12H,7-8,13-14H2,1-6H3,(H2,22,23,24). The first-order valence-corrected chi connectivity index (χ1v) is 9.40. The van der Waals surface area contributed by atoms with Crippen LogP contribution in [0.2, 0.25) is 0 Å². The Kier molecular flexibility index (Phi) is 6.83. The van der Waals surface area contributed by atoms with E-state index in [1.54, 1.807) is 0 Å². The van der Waals surface area contributed by atoms with E-state index in [0.29, 0.717) is 19.0 Å². The van der Waals surface area contributed by atoms with Gasteiger partial charge in [-0.3, -0.25) is 0 Å². The van der Waals surface area contributed by atoms with Gasteiger partial charge in [-0.15, -0.1) is 0 Å². The van der Waals surface area contributed by atoms with Crippen molar-refractivity contribution in [3.8, 4) is 0 Å². The van der Waals surface area contributed by atoms with Crippen molar-refractivity contribution >= 4 is 5.96 Å². The van der Waals surface area contributed by atoms with Crippen molar-refractivity contribution in [3.63, 3.8) is 0 Å². The number of hydrogen-bond donors (Lipinski definition) is 2. The Morgan fingerprint density at radius 3 is 2.35 bits per heavy atom. The first kappa shape index (κ1) is 20.0. The van der Waals surface area contributed by atoms with Crippen molar-refractivity contribution in [2.45, 2.75) is 66.5 Å². The van der Waals surface area contributed by atoms with Crippen molar-refractivity contribution in [1.29, 1.82) is 0 Å². The number of nitrogens with zero attached hydrogens (tertiary/aromatic N) is 2. The zero-order valence-electron chi connectivity index (χ0n) is 16.9. The predicted octanol–water partition coefficient (Wildman–Crippen LogP) is 4.23. The molecule has 2 rings (SSSR count). The van der Waals surface area contributed by atoms with Gasteiger partial charge < -0.3 is 15.1 Å². The Morgan fingerprint density at radius 2 is 1.81 bits per heavy atom. The lowest BCUT2D eigenvalue weighted by atomic mass is 9.82. The highest BCUT2D eigenvalue weighted by molar-refractivity contribution is 5.79. The van der Waals surface area contributed by atoms with Crippen LogP contribution in [0.1, 0.15) is 62.6 Å². The molecule has 0 aliphatic heterocycles. The highest BCUT2D eigenvalue weighted by atomic mass is 16.4. The summed E-state index contributed by atoms with van der Waals surface area (Å²) in [6.45, 7) is 14.7. The molecule has 5 nitrogen and oxygen atoms in total. The van der Waals surface area contributed by atoms with Crippen molar-refractivity contribution in [2.75, 3.05) is 6.54 Å². The number of rotatable bonds is 7. The fourth-order valence-electron chi connectivity index (χ4n) is 2.55. The van der Waals surface area contributed by atoms with E-state index in [0.717, 1.165) is 30.4 Å². The van der Waals surface area contributed by atoms with Crippen LogP contribution in [-0.4, -0.2) is 17.5 Å². The van der Waals surface area contributed by atoms with Crippen LogP contribution in [0.3, 0.4) is 0 Å². The fourth-order valence-corrected chi connectivity index (χ4v) is 2.55.